The van der Waals surface area contributed by atoms with Crippen molar-refractivity contribution in [3.63, 3.8) is 0 Å². The van der Waals surface area contributed by atoms with Crippen LogP contribution < -0.4 is 11.4 Å². The molecule has 5 nitrogen and oxygen atoms in total. The molecular weight excluding hydrogens is 242 g/mol. The van der Waals surface area contributed by atoms with Crippen LogP contribution in [0.1, 0.15) is 0 Å². The Morgan fingerprint density at radius 1 is 0.895 bits per heavy atom. The number of rotatable bonds is 5. The maximum atomic E-state index is 12.3. The number of benzene rings is 1. The summed E-state index contributed by atoms with van der Waals surface area (Å²) in [7, 11) is 0. The summed E-state index contributed by atoms with van der Waals surface area (Å²) in [5.41, 5.74) is -0.200. The highest BCUT2D eigenvalue weighted by molar-refractivity contribution is 5.30. The first-order valence-electron chi connectivity index (χ1n) is 5.90. The smallest absolute Gasteiger partial charge is 0.245 e. The second kappa shape index (κ2) is 5.39. The molecule has 19 heavy (non-hydrogen) atoms. The van der Waals surface area contributed by atoms with E-state index in [1.54, 1.807) is 36.4 Å². The van der Waals surface area contributed by atoms with Gasteiger partial charge in [-0.3, -0.25) is 0 Å². The molecule has 5 heteroatoms. The summed E-state index contributed by atoms with van der Waals surface area (Å²) < 4.78 is 3.85. The molecule has 0 spiro atoms. The molecule has 0 amide bonds. The summed E-state index contributed by atoms with van der Waals surface area (Å²) in [6, 6.07) is 8.84. The molecular formula is C14H15N3O2. The van der Waals surface area contributed by atoms with Crippen LogP contribution in [0.4, 0.5) is 0 Å². The fourth-order valence-corrected chi connectivity index (χ4v) is 1.92. The van der Waals surface area contributed by atoms with Gasteiger partial charge < -0.3 is 0 Å². The van der Waals surface area contributed by atoms with Crippen LogP contribution in [0.5, 0.6) is 0 Å². The third-order valence-corrected chi connectivity index (χ3v) is 2.73. The Bertz CT molecular complexity index is 663. The van der Waals surface area contributed by atoms with Crippen LogP contribution in [-0.2, 0) is 13.1 Å². The van der Waals surface area contributed by atoms with Gasteiger partial charge in [-0.25, -0.2) is 23.5 Å². The van der Waals surface area contributed by atoms with Crippen LogP contribution in [0.15, 0.2) is 65.2 Å². The van der Waals surface area contributed by atoms with Gasteiger partial charge in [0, 0.05) is 0 Å². The van der Waals surface area contributed by atoms with Gasteiger partial charge in [-0.1, -0.05) is 30.4 Å². The van der Waals surface area contributed by atoms with Crippen molar-refractivity contribution in [1.82, 2.24) is 13.9 Å². The molecule has 1 aromatic heterocycles. The SMILES string of the molecule is C=CCn1c(=O)n(-c2ccccc2)c(=O)n1CC=C. The third kappa shape index (κ3) is 2.22. The molecule has 0 aliphatic heterocycles. The van der Waals surface area contributed by atoms with E-state index >= 15 is 0 Å². The predicted octanol–water partition coefficient (Wildman–Crippen LogP) is 1.17. The molecule has 0 N–H and O–H groups in total. The first-order chi connectivity index (χ1) is 9.20. The van der Waals surface area contributed by atoms with E-state index in [0.29, 0.717) is 5.69 Å². The maximum absolute atomic E-state index is 12.3. The van der Waals surface area contributed by atoms with Crippen LogP contribution in [0.2, 0.25) is 0 Å². The first-order valence-corrected chi connectivity index (χ1v) is 5.90. The maximum Gasteiger partial charge on any atom is 0.352 e. The molecule has 98 valence electrons. The van der Waals surface area contributed by atoms with Gasteiger partial charge >= 0.3 is 11.4 Å². The van der Waals surface area contributed by atoms with Crippen molar-refractivity contribution < 1.29 is 0 Å². The monoisotopic (exact) mass is 257 g/mol. The summed E-state index contributed by atoms with van der Waals surface area (Å²) in [5, 5.41) is 0. The van der Waals surface area contributed by atoms with E-state index in [2.05, 4.69) is 13.2 Å². The average molecular weight is 257 g/mol. The molecule has 0 saturated carbocycles. The first kappa shape index (κ1) is 12.9. The number of allylic oxidation sites excluding steroid dienone is 2. The highest BCUT2D eigenvalue weighted by Gasteiger charge is 2.15. The molecule has 0 bridgehead atoms. The Hall–Kier alpha value is -2.56. The Balaban J connectivity index is 2.73. The van der Waals surface area contributed by atoms with Crippen molar-refractivity contribution in [2.45, 2.75) is 13.1 Å². The van der Waals surface area contributed by atoms with E-state index in [1.807, 2.05) is 6.07 Å². The molecule has 1 heterocycles. The fourth-order valence-electron chi connectivity index (χ4n) is 1.92. The average Bonchev–Trinajstić information content (AvgIpc) is 2.65. The topological polar surface area (TPSA) is 48.9 Å². The van der Waals surface area contributed by atoms with Crippen LogP contribution >= 0.6 is 0 Å². The molecule has 1 aromatic carbocycles. The van der Waals surface area contributed by atoms with Crippen molar-refractivity contribution in [3.8, 4) is 5.69 Å². The van der Waals surface area contributed by atoms with Crippen LogP contribution in [0.3, 0.4) is 0 Å². The third-order valence-electron chi connectivity index (χ3n) is 2.73. The van der Waals surface area contributed by atoms with Gasteiger partial charge in [0.15, 0.2) is 0 Å². The summed E-state index contributed by atoms with van der Waals surface area (Å²) in [6.07, 6.45) is 3.16. The number of hydrogen-bond acceptors (Lipinski definition) is 2. The zero-order valence-electron chi connectivity index (χ0n) is 10.5. The lowest BCUT2D eigenvalue weighted by Gasteiger charge is -2.03. The van der Waals surface area contributed by atoms with Gasteiger partial charge in [0.25, 0.3) is 0 Å². The van der Waals surface area contributed by atoms with Crippen molar-refractivity contribution in [2.24, 2.45) is 0 Å². The van der Waals surface area contributed by atoms with Crippen molar-refractivity contribution in [2.75, 3.05) is 0 Å². The predicted molar refractivity (Wildman–Crippen MR) is 74.7 cm³/mol. The van der Waals surface area contributed by atoms with Crippen LogP contribution in [-0.4, -0.2) is 13.9 Å². The molecule has 2 aromatic rings. The Labute approximate surface area is 110 Å². The summed E-state index contributed by atoms with van der Waals surface area (Å²) in [5.74, 6) is 0. The number of hydrogen-bond donors (Lipinski definition) is 0. The van der Waals surface area contributed by atoms with Crippen molar-refractivity contribution in [3.05, 3.63) is 76.6 Å². The molecule has 0 radical (unpaired) electrons. The van der Waals surface area contributed by atoms with E-state index in [9.17, 15) is 9.59 Å². The second-order valence-electron chi connectivity index (χ2n) is 3.98. The van der Waals surface area contributed by atoms with Crippen LogP contribution in [0, 0.1) is 0 Å². The minimum Gasteiger partial charge on any atom is -0.245 e. The highest BCUT2D eigenvalue weighted by atomic mass is 16.2. The molecule has 2 rings (SSSR count). The molecule has 0 fully saturated rings. The number of nitrogens with zero attached hydrogens (tertiary/aromatic N) is 3. The minimum absolute atomic E-state index is 0.280. The summed E-state index contributed by atoms with van der Waals surface area (Å²) in [4.78, 5) is 24.6. The van der Waals surface area contributed by atoms with E-state index in [-0.39, 0.29) is 24.5 Å². The lowest BCUT2D eigenvalue weighted by molar-refractivity contribution is 0.502. The van der Waals surface area contributed by atoms with Crippen molar-refractivity contribution >= 4 is 0 Å². The Morgan fingerprint density at radius 3 is 1.79 bits per heavy atom. The van der Waals surface area contributed by atoms with Crippen molar-refractivity contribution in [1.29, 1.82) is 0 Å². The minimum atomic E-state index is -0.377. The fraction of sp³-hybridized carbons (Fsp3) is 0.143. The zero-order chi connectivity index (χ0) is 13.8. The number of para-hydroxylation sites is 1. The molecule has 0 aliphatic rings. The molecule has 0 saturated heterocycles. The van der Waals surface area contributed by atoms with E-state index in [4.69, 9.17) is 0 Å². The van der Waals surface area contributed by atoms with E-state index < -0.39 is 0 Å². The van der Waals surface area contributed by atoms with E-state index in [0.717, 1.165) is 4.57 Å². The Morgan fingerprint density at radius 2 is 1.37 bits per heavy atom. The lowest BCUT2D eigenvalue weighted by Crippen LogP contribution is -2.27. The van der Waals surface area contributed by atoms with E-state index in [1.165, 1.54) is 9.36 Å². The molecule has 0 unspecified atom stereocenters. The van der Waals surface area contributed by atoms with Gasteiger partial charge in [0.1, 0.15) is 0 Å². The van der Waals surface area contributed by atoms with Gasteiger partial charge in [0.2, 0.25) is 0 Å². The summed E-state index contributed by atoms with van der Waals surface area (Å²) in [6.45, 7) is 7.76. The van der Waals surface area contributed by atoms with Gasteiger partial charge in [-0.15, -0.1) is 13.2 Å². The standard InChI is InChI=1S/C14H15N3O2/c1-3-10-15-13(18)17(12-8-6-5-7-9-12)14(19)16(15)11-4-2/h3-9H,1-2,10-11H2. The highest BCUT2D eigenvalue weighted by Crippen LogP contribution is 2.01. The summed E-state index contributed by atoms with van der Waals surface area (Å²) >= 11 is 0. The Kier molecular flexibility index (Phi) is 3.66. The zero-order valence-corrected chi connectivity index (χ0v) is 10.5. The van der Waals surface area contributed by atoms with Gasteiger partial charge in [-0.2, -0.15) is 0 Å². The second-order valence-corrected chi connectivity index (χ2v) is 3.98. The molecule has 0 atom stereocenters. The lowest BCUT2D eigenvalue weighted by atomic mass is 10.3. The van der Waals surface area contributed by atoms with Crippen LogP contribution in [0.25, 0.3) is 5.69 Å². The quantitative estimate of drug-likeness (QED) is 0.755. The van der Waals surface area contributed by atoms with Gasteiger partial charge in [-0.05, 0) is 12.1 Å². The number of aromatic nitrogens is 3. The van der Waals surface area contributed by atoms with Gasteiger partial charge in [0.05, 0.1) is 18.8 Å². The molecule has 0 aliphatic carbocycles. The normalized spacial score (nSPS) is 10.3. The largest absolute Gasteiger partial charge is 0.352 e.